The average Bonchev–Trinajstić information content (AvgIpc) is 2.96. The smallest absolute Gasteiger partial charge is 0.124 e. The zero-order chi connectivity index (χ0) is 13.5. The highest BCUT2D eigenvalue weighted by atomic mass is 16.5. The summed E-state index contributed by atoms with van der Waals surface area (Å²) in [5.74, 6) is 0.870. The van der Waals surface area contributed by atoms with Crippen LogP contribution in [-0.2, 0) is 9.47 Å². The van der Waals surface area contributed by atoms with Crippen LogP contribution < -0.4 is 10.1 Å². The van der Waals surface area contributed by atoms with Crippen LogP contribution in [0.1, 0.15) is 24.5 Å². The van der Waals surface area contributed by atoms with Gasteiger partial charge in [-0.1, -0.05) is 18.2 Å². The topological polar surface area (TPSA) is 39.7 Å². The van der Waals surface area contributed by atoms with E-state index in [4.69, 9.17) is 14.2 Å². The van der Waals surface area contributed by atoms with Gasteiger partial charge >= 0.3 is 0 Å². The zero-order valence-electron chi connectivity index (χ0n) is 11.7. The Morgan fingerprint density at radius 3 is 2.95 bits per heavy atom. The van der Waals surface area contributed by atoms with Gasteiger partial charge in [0.1, 0.15) is 5.75 Å². The summed E-state index contributed by atoms with van der Waals surface area (Å²) in [6.07, 6.45) is 2.47. The van der Waals surface area contributed by atoms with Gasteiger partial charge in [0.2, 0.25) is 0 Å². The van der Waals surface area contributed by atoms with Crippen molar-refractivity contribution in [3.63, 3.8) is 0 Å². The van der Waals surface area contributed by atoms with Crippen molar-refractivity contribution in [2.45, 2.75) is 25.0 Å². The molecule has 2 rings (SSSR count). The standard InChI is InChI=1S/C15H23NO3/c1-16-10-15(19-11-12-6-5-9-18-12)13-7-3-4-8-14(13)17-2/h3-4,7-8,12,15-16H,5-6,9-11H2,1-2H3. The second kappa shape index (κ2) is 7.48. The van der Waals surface area contributed by atoms with Gasteiger partial charge < -0.3 is 19.5 Å². The van der Waals surface area contributed by atoms with Crippen LogP contribution in [0.5, 0.6) is 5.75 Å². The first kappa shape index (κ1) is 14.3. The lowest BCUT2D eigenvalue weighted by molar-refractivity contribution is -0.0210. The molecule has 0 bridgehead atoms. The molecule has 106 valence electrons. The van der Waals surface area contributed by atoms with Crippen molar-refractivity contribution in [2.75, 3.05) is 33.9 Å². The van der Waals surface area contributed by atoms with E-state index < -0.39 is 0 Å². The van der Waals surface area contributed by atoms with E-state index in [1.165, 1.54) is 0 Å². The Morgan fingerprint density at radius 1 is 1.42 bits per heavy atom. The number of ether oxygens (including phenoxy) is 3. The van der Waals surface area contributed by atoms with Crippen molar-refractivity contribution in [3.8, 4) is 5.75 Å². The Labute approximate surface area is 115 Å². The number of methoxy groups -OCH3 is 1. The van der Waals surface area contributed by atoms with Gasteiger partial charge in [0.15, 0.2) is 0 Å². The van der Waals surface area contributed by atoms with Crippen molar-refractivity contribution in [3.05, 3.63) is 29.8 Å². The SMILES string of the molecule is CNCC(OCC1CCCO1)c1ccccc1OC. The Bertz CT molecular complexity index is 377. The summed E-state index contributed by atoms with van der Waals surface area (Å²) in [5, 5.41) is 3.17. The van der Waals surface area contributed by atoms with Crippen LogP contribution in [-0.4, -0.2) is 40.0 Å². The molecule has 0 radical (unpaired) electrons. The molecule has 4 nitrogen and oxygen atoms in total. The summed E-state index contributed by atoms with van der Waals surface area (Å²) in [5.41, 5.74) is 1.08. The number of rotatable bonds is 7. The van der Waals surface area contributed by atoms with Gasteiger partial charge in [-0.15, -0.1) is 0 Å². The summed E-state index contributed by atoms with van der Waals surface area (Å²) in [4.78, 5) is 0. The fraction of sp³-hybridized carbons (Fsp3) is 0.600. The van der Waals surface area contributed by atoms with E-state index in [0.29, 0.717) is 6.61 Å². The maximum Gasteiger partial charge on any atom is 0.124 e. The van der Waals surface area contributed by atoms with E-state index in [-0.39, 0.29) is 12.2 Å². The van der Waals surface area contributed by atoms with Gasteiger partial charge in [0.25, 0.3) is 0 Å². The van der Waals surface area contributed by atoms with Crippen molar-refractivity contribution in [1.29, 1.82) is 0 Å². The summed E-state index contributed by atoms with van der Waals surface area (Å²) < 4.78 is 17.0. The molecule has 0 amide bonds. The van der Waals surface area contributed by atoms with E-state index in [1.807, 2.05) is 25.2 Å². The number of hydrogen-bond acceptors (Lipinski definition) is 4. The quantitative estimate of drug-likeness (QED) is 0.820. The van der Waals surface area contributed by atoms with E-state index in [2.05, 4.69) is 11.4 Å². The third kappa shape index (κ3) is 3.93. The van der Waals surface area contributed by atoms with Gasteiger partial charge in [-0.05, 0) is 26.0 Å². The summed E-state index contributed by atoms with van der Waals surface area (Å²) in [7, 11) is 3.62. The van der Waals surface area contributed by atoms with Crippen molar-refractivity contribution >= 4 is 0 Å². The predicted molar refractivity (Wildman–Crippen MR) is 74.6 cm³/mol. The van der Waals surface area contributed by atoms with Crippen LogP contribution in [0.2, 0.25) is 0 Å². The molecule has 1 aromatic rings. The summed E-state index contributed by atoms with van der Waals surface area (Å²) in [6, 6.07) is 8.00. The second-order valence-electron chi connectivity index (χ2n) is 4.76. The summed E-state index contributed by atoms with van der Waals surface area (Å²) in [6.45, 7) is 2.26. The summed E-state index contributed by atoms with van der Waals surface area (Å²) >= 11 is 0. The van der Waals surface area contributed by atoms with Gasteiger partial charge in [-0.3, -0.25) is 0 Å². The molecule has 1 fully saturated rings. The lowest BCUT2D eigenvalue weighted by Gasteiger charge is -2.22. The van der Waals surface area contributed by atoms with Crippen molar-refractivity contribution in [2.24, 2.45) is 0 Å². The van der Waals surface area contributed by atoms with E-state index in [1.54, 1.807) is 7.11 Å². The number of hydrogen-bond donors (Lipinski definition) is 1. The maximum absolute atomic E-state index is 6.03. The molecule has 1 aliphatic rings. The number of nitrogens with one attached hydrogen (secondary N) is 1. The monoisotopic (exact) mass is 265 g/mol. The minimum absolute atomic E-state index is 0.00894. The molecule has 0 saturated carbocycles. The van der Waals surface area contributed by atoms with Gasteiger partial charge in [0.05, 0.1) is 25.9 Å². The van der Waals surface area contributed by atoms with Gasteiger partial charge in [-0.2, -0.15) is 0 Å². The minimum atomic E-state index is -0.00894. The first-order valence-electron chi connectivity index (χ1n) is 6.86. The number of benzene rings is 1. The number of likely N-dealkylation sites (N-methyl/N-ethyl adjacent to an activating group) is 1. The fourth-order valence-corrected chi connectivity index (χ4v) is 2.38. The second-order valence-corrected chi connectivity index (χ2v) is 4.76. The maximum atomic E-state index is 6.03. The first-order chi connectivity index (χ1) is 9.35. The highest BCUT2D eigenvalue weighted by molar-refractivity contribution is 5.35. The molecule has 1 N–H and O–H groups in total. The highest BCUT2D eigenvalue weighted by Crippen LogP contribution is 2.27. The van der Waals surface area contributed by atoms with E-state index in [0.717, 1.165) is 37.3 Å². The molecule has 0 aromatic heterocycles. The predicted octanol–water partition coefficient (Wildman–Crippen LogP) is 2.15. The van der Waals surface area contributed by atoms with Crippen LogP contribution in [0, 0.1) is 0 Å². The van der Waals surface area contributed by atoms with Crippen molar-refractivity contribution < 1.29 is 14.2 Å². The zero-order valence-corrected chi connectivity index (χ0v) is 11.7. The molecule has 1 aromatic carbocycles. The number of para-hydroxylation sites is 1. The molecule has 1 aliphatic heterocycles. The molecule has 1 heterocycles. The van der Waals surface area contributed by atoms with Gasteiger partial charge in [-0.25, -0.2) is 0 Å². The molecule has 0 spiro atoms. The molecule has 2 atom stereocenters. The van der Waals surface area contributed by atoms with Crippen LogP contribution in [0.25, 0.3) is 0 Å². The first-order valence-corrected chi connectivity index (χ1v) is 6.86. The highest BCUT2D eigenvalue weighted by Gasteiger charge is 2.20. The molecular weight excluding hydrogens is 242 g/mol. The molecule has 19 heavy (non-hydrogen) atoms. The Balaban J connectivity index is 2.01. The molecule has 4 heteroatoms. The molecule has 2 unspecified atom stereocenters. The van der Waals surface area contributed by atoms with Gasteiger partial charge in [0, 0.05) is 18.7 Å². The Hall–Kier alpha value is -1.10. The lowest BCUT2D eigenvalue weighted by Crippen LogP contribution is -2.24. The van der Waals surface area contributed by atoms with Crippen LogP contribution in [0.15, 0.2) is 24.3 Å². The van der Waals surface area contributed by atoms with Crippen LogP contribution >= 0.6 is 0 Å². The fourth-order valence-electron chi connectivity index (χ4n) is 2.38. The average molecular weight is 265 g/mol. The van der Waals surface area contributed by atoms with E-state index in [9.17, 15) is 0 Å². The van der Waals surface area contributed by atoms with Crippen molar-refractivity contribution in [1.82, 2.24) is 5.32 Å². The largest absolute Gasteiger partial charge is 0.496 e. The van der Waals surface area contributed by atoms with Crippen LogP contribution in [0.4, 0.5) is 0 Å². The minimum Gasteiger partial charge on any atom is -0.496 e. The van der Waals surface area contributed by atoms with E-state index >= 15 is 0 Å². The third-order valence-corrected chi connectivity index (χ3v) is 3.38. The Morgan fingerprint density at radius 2 is 2.26 bits per heavy atom. The third-order valence-electron chi connectivity index (χ3n) is 3.38. The van der Waals surface area contributed by atoms with Crippen LogP contribution in [0.3, 0.4) is 0 Å². The Kier molecular flexibility index (Phi) is 5.63. The molecule has 0 aliphatic carbocycles. The normalized spacial score (nSPS) is 20.4. The molecular formula is C15H23NO3. The molecule has 1 saturated heterocycles. The lowest BCUT2D eigenvalue weighted by atomic mass is 10.1.